The van der Waals surface area contributed by atoms with Gasteiger partial charge in [-0.15, -0.1) is 0 Å². The Morgan fingerprint density at radius 1 is 1.14 bits per heavy atom. The average Bonchev–Trinajstić information content (AvgIpc) is 3.04. The third-order valence-corrected chi connectivity index (χ3v) is 3.46. The van der Waals surface area contributed by atoms with Gasteiger partial charge in [-0.2, -0.15) is 5.10 Å². The van der Waals surface area contributed by atoms with E-state index in [2.05, 4.69) is 15.4 Å². The van der Waals surface area contributed by atoms with Gasteiger partial charge in [0.05, 0.1) is 17.8 Å². The van der Waals surface area contributed by atoms with Crippen LogP contribution in [0.15, 0.2) is 61.2 Å². The molecule has 3 aromatic rings. The van der Waals surface area contributed by atoms with Crippen LogP contribution in [0.25, 0.3) is 5.69 Å². The van der Waals surface area contributed by atoms with Crippen LogP contribution < -0.4 is 5.32 Å². The zero-order chi connectivity index (χ0) is 15.4. The normalized spacial score (nSPS) is 10.4. The van der Waals surface area contributed by atoms with Crippen molar-refractivity contribution in [3.63, 3.8) is 0 Å². The molecule has 1 aromatic heterocycles. The quantitative estimate of drug-likeness (QED) is 0.804. The molecule has 1 amide bonds. The molecule has 3 rings (SSSR count). The van der Waals surface area contributed by atoms with Gasteiger partial charge in [-0.05, 0) is 30.2 Å². The van der Waals surface area contributed by atoms with E-state index in [1.807, 2.05) is 55.5 Å². The number of carbonyl (C=O) groups excluding carboxylic acids is 1. The van der Waals surface area contributed by atoms with Gasteiger partial charge >= 0.3 is 0 Å². The lowest BCUT2D eigenvalue weighted by molar-refractivity contribution is -0.115. The molecule has 0 aliphatic heterocycles. The zero-order valence-electron chi connectivity index (χ0n) is 12.2. The number of hydrogen-bond acceptors (Lipinski definition) is 3. The standard InChI is InChI=1S/C17H16N4O/c1-13-6-2-3-7-14(13)10-17(22)20-15-8-4-5-9-16(15)21-12-18-11-19-21/h2-9,11-12H,10H2,1H3,(H,20,22). The number of aromatic nitrogens is 3. The SMILES string of the molecule is Cc1ccccc1CC(=O)Nc1ccccc1-n1cncn1. The number of anilines is 1. The van der Waals surface area contributed by atoms with Crippen molar-refractivity contribution >= 4 is 11.6 Å². The molecule has 1 N–H and O–H groups in total. The fourth-order valence-electron chi connectivity index (χ4n) is 2.29. The molecule has 0 unspecified atom stereocenters. The second kappa shape index (κ2) is 6.22. The summed E-state index contributed by atoms with van der Waals surface area (Å²) < 4.78 is 1.63. The van der Waals surface area contributed by atoms with Crippen molar-refractivity contribution in [2.45, 2.75) is 13.3 Å². The van der Waals surface area contributed by atoms with Crippen molar-refractivity contribution in [2.24, 2.45) is 0 Å². The Kier molecular flexibility index (Phi) is 3.96. The highest BCUT2D eigenvalue weighted by Gasteiger charge is 2.10. The topological polar surface area (TPSA) is 59.8 Å². The second-order valence-electron chi connectivity index (χ2n) is 5.01. The van der Waals surface area contributed by atoms with Gasteiger partial charge in [0.25, 0.3) is 0 Å². The zero-order valence-corrected chi connectivity index (χ0v) is 12.2. The average molecular weight is 292 g/mol. The van der Waals surface area contributed by atoms with Crippen LogP contribution in [0, 0.1) is 6.92 Å². The molecule has 0 fully saturated rings. The Balaban J connectivity index is 1.79. The first-order valence-corrected chi connectivity index (χ1v) is 7.02. The van der Waals surface area contributed by atoms with Crippen LogP contribution in [0.3, 0.4) is 0 Å². The lowest BCUT2D eigenvalue weighted by Gasteiger charge is -2.11. The molecular weight excluding hydrogens is 276 g/mol. The predicted octanol–water partition coefficient (Wildman–Crippen LogP) is 2.76. The summed E-state index contributed by atoms with van der Waals surface area (Å²) in [6.45, 7) is 2.01. The molecule has 5 heteroatoms. The highest BCUT2D eigenvalue weighted by Crippen LogP contribution is 2.19. The van der Waals surface area contributed by atoms with Gasteiger partial charge in [-0.1, -0.05) is 36.4 Å². The Hall–Kier alpha value is -2.95. The summed E-state index contributed by atoms with van der Waals surface area (Å²) in [7, 11) is 0. The Labute approximate surface area is 128 Å². The maximum absolute atomic E-state index is 12.3. The van der Waals surface area contributed by atoms with Gasteiger partial charge in [0, 0.05) is 0 Å². The summed E-state index contributed by atoms with van der Waals surface area (Å²) in [5.41, 5.74) is 3.64. The molecule has 110 valence electrons. The lowest BCUT2D eigenvalue weighted by Crippen LogP contribution is -2.16. The molecule has 0 saturated carbocycles. The second-order valence-corrected chi connectivity index (χ2v) is 5.01. The lowest BCUT2D eigenvalue weighted by atomic mass is 10.1. The van der Waals surface area contributed by atoms with Gasteiger partial charge in [-0.3, -0.25) is 4.79 Å². The van der Waals surface area contributed by atoms with Crippen molar-refractivity contribution in [1.82, 2.24) is 14.8 Å². The van der Waals surface area contributed by atoms with Crippen molar-refractivity contribution in [3.05, 3.63) is 72.3 Å². The van der Waals surface area contributed by atoms with Crippen LogP contribution >= 0.6 is 0 Å². The third kappa shape index (κ3) is 3.03. The molecule has 22 heavy (non-hydrogen) atoms. The van der Waals surface area contributed by atoms with Gasteiger partial charge in [0.2, 0.25) is 5.91 Å². The molecule has 1 heterocycles. The van der Waals surface area contributed by atoms with Crippen LogP contribution in [0.2, 0.25) is 0 Å². The number of para-hydroxylation sites is 2. The van der Waals surface area contributed by atoms with E-state index < -0.39 is 0 Å². The Morgan fingerprint density at radius 3 is 2.68 bits per heavy atom. The van der Waals surface area contributed by atoms with E-state index in [1.54, 1.807) is 11.0 Å². The summed E-state index contributed by atoms with van der Waals surface area (Å²) >= 11 is 0. The first-order chi connectivity index (χ1) is 10.7. The molecule has 0 bridgehead atoms. The smallest absolute Gasteiger partial charge is 0.228 e. The molecule has 0 atom stereocenters. The van der Waals surface area contributed by atoms with E-state index in [0.717, 1.165) is 16.8 Å². The van der Waals surface area contributed by atoms with Gasteiger partial charge < -0.3 is 5.32 Å². The van der Waals surface area contributed by atoms with Crippen molar-refractivity contribution in [3.8, 4) is 5.69 Å². The number of benzene rings is 2. The summed E-state index contributed by atoms with van der Waals surface area (Å²) in [6, 6.07) is 15.4. The molecule has 5 nitrogen and oxygen atoms in total. The van der Waals surface area contributed by atoms with Gasteiger partial charge in [-0.25, -0.2) is 9.67 Å². The number of rotatable bonds is 4. The molecule has 2 aromatic carbocycles. The van der Waals surface area contributed by atoms with Crippen molar-refractivity contribution < 1.29 is 4.79 Å². The minimum absolute atomic E-state index is 0.0538. The fourth-order valence-corrected chi connectivity index (χ4v) is 2.29. The predicted molar refractivity (Wildman–Crippen MR) is 84.9 cm³/mol. The summed E-state index contributed by atoms with van der Waals surface area (Å²) in [6.07, 6.45) is 3.41. The van der Waals surface area contributed by atoms with Crippen molar-refractivity contribution in [1.29, 1.82) is 0 Å². The number of nitrogens with one attached hydrogen (secondary N) is 1. The first kappa shape index (κ1) is 14.0. The van der Waals surface area contributed by atoms with E-state index in [1.165, 1.54) is 6.33 Å². The van der Waals surface area contributed by atoms with Crippen molar-refractivity contribution in [2.75, 3.05) is 5.32 Å². The third-order valence-electron chi connectivity index (χ3n) is 3.46. The van der Waals surface area contributed by atoms with E-state index in [0.29, 0.717) is 12.1 Å². The number of carbonyl (C=O) groups is 1. The molecule has 0 spiro atoms. The summed E-state index contributed by atoms with van der Waals surface area (Å²) in [5, 5.41) is 7.05. The number of hydrogen-bond donors (Lipinski definition) is 1. The van der Waals surface area contributed by atoms with E-state index in [4.69, 9.17) is 0 Å². The van der Waals surface area contributed by atoms with Crippen LogP contribution in [0.4, 0.5) is 5.69 Å². The highest BCUT2D eigenvalue weighted by molar-refractivity contribution is 5.94. The van der Waals surface area contributed by atoms with Gasteiger partial charge in [0.15, 0.2) is 0 Å². The van der Waals surface area contributed by atoms with E-state index in [-0.39, 0.29) is 5.91 Å². The largest absolute Gasteiger partial charge is 0.324 e. The van der Waals surface area contributed by atoms with E-state index >= 15 is 0 Å². The number of amides is 1. The maximum Gasteiger partial charge on any atom is 0.228 e. The Morgan fingerprint density at radius 2 is 1.91 bits per heavy atom. The van der Waals surface area contributed by atoms with Crippen LogP contribution in [0.5, 0.6) is 0 Å². The van der Waals surface area contributed by atoms with E-state index in [9.17, 15) is 4.79 Å². The molecule has 0 aliphatic carbocycles. The first-order valence-electron chi connectivity index (χ1n) is 7.02. The van der Waals surface area contributed by atoms with Crippen LogP contribution in [0.1, 0.15) is 11.1 Å². The number of aryl methyl sites for hydroxylation is 1. The molecular formula is C17H16N4O. The maximum atomic E-state index is 12.3. The minimum atomic E-state index is -0.0538. The van der Waals surface area contributed by atoms with Crippen LogP contribution in [-0.4, -0.2) is 20.7 Å². The molecule has 0 saturated heterocycles. The monoisotopic (exact) mass is 292 g/mol. The fraction of sp³-hybridized carbons (Fsp3) is 0.118. The van der Waals surface area contributed by atoms with Gasteiger partial charge in [0.1, 0.15) is 12.7 Å². The summed E-state index contributed by atoms with van der Waals surface area (Å²) in [5.74, 6) is -0.0538. The number of nitrogens with zero attached hydrogens (tertiary/aromatic N) is 3. The molecule has 0 radical (unpaired) electrons. The summed E-state index contributed by atoms with van der Waals surface area (Å²) in [4.78, 5) is 16.2. The van der Waals surface area contributed by atoms with Crippen LogP contribution in [-0.2, 0) is 11.2 Å². The molecule has 0 aliphatic rings. The minimum Gasteiger partial charge on any atom is -0.324 e. The highest BCUT2D eigenvalue weighted by atomic mass is 16.1. The Bertz CT molecular complexity index is 781.